The topological polar surface area (TPSA) is 81.7 Å². The summed E-state index contributed by atoms with van der Waals surface area (Å²) in [7, 11) is -3.61. The largest absolute Gasteiger partial charge is 0.481 e. The number of carbonyl (C=O) groups is 1. The molecule has 128 valence electrons. The van der Waals surface area contributed by atoms with E-state index in [1.807, 2.05) is 4.72 Å². The van der Waals surface area contributed by atoms with Crippen molar-refractivity contribution in [2.75, 3.05) is 6.26 Å². The van der Waals surface area contributed by atoms with Gasteiger partial charge in [-0.15, -0.1) is 0 Å². The molecule has 2 aromatic carbocycles. The van der Waals surface area contributed by atoms with E-state index in [9.17, 15) is 13.2 Å². The summed E-state index contributed by atoms with van der Waals surface area (Å²) in [4.78, 5) is 11.6. The van der Waals surface area contributed by atoms with Gasteiger partial charge in [-0.3, -0.25) is 9.52 Å². The number of nitrogens with one attached hydrogen (secondary N) is 1. The van der Waals surface area contributed by atoms with Gasteiger partial charge in [0.15, 0.2) is 6.10 Å². The third-order valence-electron chi connectivity index (χ3n) is 2.84. The normalized spacial score (nSPS) is 12.3. The zero-order valence-electron chi connectivity index (χ0n) is 13.0. The molecule has 8 heteroatoms. The van der Waals surface area contributed by atoms with Gasteiger partial charge in [-0.25, -0.2) is 8.42 Å². The molecule has 0 aromatic heterocycles. The van der Waals surface area contributed by atoms with Gasteiger partial charge in [0.25, 0.3) is 5.91 Å². The highest BCUT2D eigenvalue weighted by atomic mass is 35.5. The molecule has 0 fully saturated rings. The highest BCUT2D eigenvalue weighted by molar-refractivity contribution is 7.89. The summed E-state index contributed by atoms with van der Waals surface area (Å²) in [5, 5.41) is 0.618. The van der Waals surface area contributed by atoms with Crippen molar-refractivity contribution >= 4 is 27.5 Å². The van der Waals surface area contributed by atoms with E-state index in [1.54, 1.807) is 48.5 Å². The molecule has 0 aliphatic rings. The summed E-state index contributed by atoms with van der Waals surface area (Å²) in [6.07, 6.45) is -0.0525. The van der Waals surface area contributed by atoms with E-state index in [1.165, 1.54) is 6.92 Å². The lowest BCUT2D eigenvalue weighted by atomic mass is 10.3. The second kappa shape index (κ2) is 7.55. The monoisotopic (exact) mass is 369 g/mol. The van der Waals surface area contributed by atoms with Crippen LogP contribution in [0.2, 0.25) is 5.02 Å². The van der Waals surface area contributed by atoms with Crippen LogP contribution in [-0.4, -0.2) is 26.7 Å². The molecule has 6 nitrogen and oxygen atoms in total. The molecular weight excluding hydrogens is 354 g/mol. The van der Waals surface area contributed by atoms with Crippen LogP contribution >= 0.6 is 11.6 Å². The van der Waals surface area contributed by atoms with Crippen molar-refractivity contribution in [2.45, 2.75) is 13.0 Å². The molecule has 2 rings (SSSR count). The standard InChI is InChI=1S/C16H16ClNO5S/c1-11(16(19)18-24(2,20)21)22-13-7-9-15(10-8-13)23-14-5-3-12(17)4-6-14/h3-11H,1-2H3,(H,18,19). The van der Waals surface area contributed by atoms with E-state index in [0.717, 1.165) is 6.26 Å². The smallest absolute Gasteiger partial charge is 0.274 e. The maximum Gasteiger partial charge on any atom is 0.274 e. The van der Waals surface area contributed by atoms with Gasteiger partial charge in [0, 0.05) is 5.02 Å². The Morgan fingerprint density at radius 2 is 1.46 bits per heavy atom. The number of carbonyl (C=O) groups excluding carboxylic acids is 1. The molecule has 2 aromatic rings. The highest BCUT2D eigenvalue weighted by Crippen LogP contribution is 2.25. The molecule has 0 aliphatic carbocycles. The lowest BCUT2D eigenvalue weighted by Crippen LogP contribution is -2.39. The van der Waals surface area contributed by atoms with Gasteiger partial charge >= 0.3 is 0 Å². The van der Waals surface area contributed by atoms with Crippen LogP contribution in [0.4, 0.5) is 0 Å². The lowest BCUT2D eigenvalue weighted by molar-refractivity contribution is -0.125. The number of halogens is 1. The van der Waals surface area contributed by atoms with Crippen LogP contribution < -0.4 is 14.2 Å². The Kier molecular flexibility index (Phi) is 5.69. The first-order chi connectivity index (χ1) is 11.2. The average molecular weight is 370 g/mol. The summed E-state index contributed by atoms with van der Waals surface area (Å²) in [5.41, 5.74) is 0. The van der Waals surface area contributed by atoms with Gasteiger partial charge in [-0.1, -0.05) is 11.6 Å². The molecule has 24 heavy (non-hydrogen) atoms. The number of rotatable bonds is 6. The van der Waals surface area contributed by atoms with Crippen LogP contribution in [0.1, 0.15) is 6.92 Å². The van der Waals surface area contributed by atoms with E-state index >= 15 is 0 Å². The molecule has 0 saturated carbocycles. The zero-order chi connectivity index (χ0) is 17.7. The second-order valence-corrected chi connectivity index (χ2v) is 7.21. The molecule has 1 amide bonds. The van der Waals surface area contributed by atoms with Crippen molar-refractivity contribution in [3.8, 4) is 17.2 Å². The Labute approximate surface area is 145 Å². The molecular formula is C16H16ClNO5S. The summed E-state index contributed by atoms with van der Waals surface area (Å²) in [5.74, 6) is 0.889. The lowest BCUT2D eigenvalue weighted by Gasteiger charge is -2.14. The van der Waals surface area contributed by atoms with E-state index < -0.39 is 22.0 Å². The molecule has 0 heterocycles. The summed E-state index contributed by atoms with van der Waals surface area (Å²) >= 11 is 5.81. The van der Waals surface area contributed by atoms with Gasteiger partial charge < -0.3 is 9.47 Å². The van der Waals surface area contributed by atoms with Crippen LogP contribution in [0.3, 0.4) is 0 Å². The van der Waals surface area contributed by atoms with Crippen molar-refractivity contribution in [1.29, 1.82) is 0 Å². The summed E-state index contributed by atoms with van der Waals surface area (Å²) in [6, 6.07) is 13.5. The Morgan fingerprint density at radius 3 is 1.96 bits per heavy atom. The number of benzene rings is 2. The minimum absolute atomic E-state index is 0.412. The van der Waals surface area contributed by atoms with Gasteiger partial charge in [-0.2, -0.15) is 0 Å². The molecule has 0 bridgehead atoms. The first-order valence-electron chi connectivity index (χ1n) is 6.95. The molecule has 0 saturated heterocycles. The average Bonchev–Trinajstić information content (AvgIpc) is 2.50. The number of amides is 1. The predicted octanol–water partition coefficient (Wildman–Crippen LogP) is 2.98. The van der Waals surface area contributed by atoms with Crippen LogP contribution in [0.25, 0.3) is 0 Å². The third kappa shape index (κ3) is 5.75. The highest BCUT2D eigenvalue weighted by Gasteiger charge is 2.18. The first-order valence-corrected chi connectivity index (χ1v) is 9.22. The van der Waals surface area contributed by atoms with E-state index in [2.05, 4.69) is 0 Å². The minimum Gasteiger partial charge on any atom is -0.481 e. The molecule has 1 atom stereocenters. The van der Waals surface area contributed by atoms with Crippen LogP contribution in [0.15, 0.2) is 48.5 Å². The number of ether oxygens (including phenoxy) is 2. The summed E-state index contributed by atoms with van der Waals surface area (Å²) in [6.45, 7) is 1.46. The van der Waals surface area contributed by atoms with E-state index in [4.69, 9.17) is 21.1 Å². The van der Waals surface area contributed by atoms with E-state index in [0.29, 0.717) is 22.3 Å². The Morgan fingerprint density at radius 1 is 1.00 bits per heavy atom. The third-order valence-corrected chi connectivity index (χ3v) is 3.67. The van der Waals surface area contributed by atoms with Gasteiger partial charge in [0.05, 0.1) is 6.26 Å². The van der Waals surface area contributed by atoms with E-state index in [-0.39, 0.29) is 0 Å². The number of hydrogen-bond donors (Lipinski definition) is 1. The predicted molar refractivity (Wildman–Crippen MR) is 91.0 cm³/mol. The van der Waals surface area contributed by atoms with Crippen molar-refractivity contribution in [2.24, 2.45) is 0 Å². The van der Waals surface area contributed by atoms with Crippen LogP contribution in [0.5, 0.6) is 17.2 Å². The Balaban J connectivity index is 1.96. The molecule has 1 N–H and O–H groups in total. The Hall–Kier alpha value is -2.25. The van der Waals surface area contributed by atoms with Crippen LogP contribution in [0, 0.1) is 0 Å². The molecule has 0 aliphatic heterocycles. The quantitative estimate of drug-likeness (QED) is 0.846. The fraction of sp³-hybridized carbons (Fsp3) is 0.188. The SMILES string of the molecule is CC(Oc1ccc(Oc2ccc(Cl)cc2)cc1)C(=O)NS(C)(=O)=O. The second-order valence-electron chi connectivity index (χ2n) is 5.03. The minimum atomic E-state index is -3.61. The molecule has 0 radical (unpaired) electrons. The first kappa shape index (κ1) is 18.1. The van der Waals surface area contributed by atoms with Crippen molar-refractivity contribution < 1.29 is 22.7 Å². The van der Waals surface area contributed by atoms with Crippen LogP contribution in [-0.2, 0) is 14.8 Å². The van der Waals surface area contributed by atoms with Crippen molar-refractivity contribution in [1.82, 2.24) is 4.72 Å². The maximum absolute atomic E-state index is 11.6. The Bertz CT molecular complexity index is 803. The maximum atomic E-state index is 11.6. The van der Waals surface area contributed by atoms with Crippen molar-refractivity contribution in [3.05, 3.63) is 53.6 Å². The molecule has 1 unspecified atom stereocenters. The number of hydrogen-bond acceptors (Lipinski definition) is 5. The fourth-order valence-corrected chi connectivity index (χ4v) is 2.41. The number of sulfonamides is 1. The fourth-order valence-electron chi connectivity index (χ4n) is 1.75. The van der Waals surface area contributed by atoms with Gasteiger partial charge in [0.1, 0.15) is 17.2 Å². The van der Waals surface area contributed by atoms with Gasteiger partial charge in [0.2, 0.25) is 10.0 Å². The zero-order valence-corrected chi connectivity index (χ0v) is 14.6. The van der Waals surface area contributed by atoms with Gasteiger partial charge in [-0.05, 0) is 55.5 Å². The summed E-state index contributed by atoms with van der Waals surface area (Å²) < 4.78 is 34.9. The molecule has 0 spiro atoms. The van der Waals surface area contributed by atoms with Crippen molar-refractivity contribution in [3.63, 3.8) is 0 Å².